The zero-order valence-corrected chi connectivity index (χ0v) is 7.92. The summed E-state index contributed by atoms with van der Waals surface area (Å²) in [6.07, 6.45) is 0.864. The first-order valence-corrected chi connectivity index (χ1v) is 4.05. The molecule has 6 heteroatoms. The zero-order valence-electron chi connectivity index (χ0n) is 7.92. The maximum atomic E-state index is 13.3. The maximum Gasteiger partial charge on any atom is 0.332 e. The van der Waals surface area contributed by atoms with E-state index < -0.39 is 17.7 Å². The van der Waals surface area contributed by atoms with Crippen LogP contribution in [0.5, 0.6) is 0 Å². The molecule has 0 fully saturated rings. The molecule has 80 valence electrons. The second-order valence-corrected chi connectivity index (χ2v) is 2.83. The van der Waals surface area contributed by atoms with Crippen molar-refractivity contribution in [2.24, 2.45) is 10.8 Å². The predicted molar refractivity (Wildman–Crippen MR) is 51.4 cm³/mol. The Morgan fingerprint density at radius 1 is 1.53 bits per heavy atom. The summed E-state index contributed by atoms with van der Waals surface area (Å²) in [5.41, 5.74) is 6.53. The molecule has 15 heavy (non-hydrogen) atoms. The summed E-state index contributed by atoms with van der Waals surface area (Å²) < 4.78 is 26.4. The van der Waals surface area contributed by atoms with Crippen molar-refractivity contribution in [2.75, 3.05) is 0 Å². The van der Waals surface area contributed by atoms with Crippen LogP contribution >= 0.6 is 0 Å². The van der Waals surface area contributed by atoms with Crippen LogP contribution in [0.15, 0.2) is 17.2 Å². The van der Waals surface area contributed by atoms with E-state index in [-0.39, 0.29) is 11.1 Å². The van der Waals surface area contributed by atoms with Crippen LogP contribution in [-0.2, 0) is 0 Å². The number of nitrogens with zero attached hydrogens (tertiary/aromatic N) is 1. The summed E-state index contributed by atoms with van der Waals surface area (Å²) in [4.78, 5) is 10.2. The fourth-order valence-electron chi connectivity index (χ4n) is 0.957. The number of nitrogens with one attached hydrogen (secondary N) is 1. The Balaban J connectivity index is 2.98. The summed E-state index contributed by atoms with van der Waals surface area (Å²) >= 11 is 0. The Morgan fingerprint density at radius 2 is 2.20 bits per heavy atom. The molecule has 3 N–H and O–H groups in total. The third kappa shape index (κ3) is 2.73. The number of primary amides is 1. The van der Waals surface area contributed by atoms with Gasteiger partial charge in [0.25, 0.3) is 0 Å². The lowest BCUT2D eigenvalue weighted by Gasteiger charge is -2.01. The number of hydrogen-bond acceptors (Lipinski definition) is 2. The number of hydrazone groups is 1. The molecule has 2 amide bonds. The highest BCUT2D eigenvalue weighted by Crippen LogP contribution is 2.13. The molecule has 0 aromatic heterocycles. The molecule has 0 atom stereocenters. The molecular weight excluding hydrogens is 204 g/mol. The standard InChI is InChI=1S/C9H9F2N3O/c1-5-2-3-7(10)6(8(5)11)4-13-14-9(12)15/h2-4H,1H3,(H3,12,14,15). The average molecular weight is 213 g/mol. The van der Waals surface area contributed by atoms with Crippen LogP contribution in [0, 0.1) is 18.6 Å². The molecule has 1 aromatic rings. The highest BCUT2D eigenvalue weighted by molar-refractivity contribution is 5.82. The van der Waals surface area contributed by atoms with Gasteiger partial charge in [-0.15, -0.1) is 0 Å². The molecule has 0 heterocycles. The van der Waals surface area contributed by atoms with Crippen molar-refractivity contribution >= 4 is 12.2 Å². The number of amides is 2. The highest BCUT2D eigenvalue weighted by Gasteiger charge is 2.08. The summed E-state index contributed by atoms with van der Waals surface area (Å²) in [7, 11) is 0. The van der Waals surface area contributed by atoms with Crippen LogP contribution < -0.4 is 11.2 Å². The monoisotopic (exact) mass is 213 g/mol. The van der Waals surface area contributed by atoms with Crippen LogP contribution in [0.3, 0.4) is 0 Å². The van der Waals surface area contributed by atoms with E-state index in [2.05, 4.69) is 5.10 Å². The fraction of sp³-hybridized carbons (Fsp3) is 0.111. The van der Waals surface area contributed by atoms with Crippen molar-refractivity contribution in [1.82, 2.24) is 5.43 Å². The van der Waals surface area contributed by atoms with Gasteiger partial charge in [0.05, 0.1) is 11.8 Å². The van der Waals surface area contributed by atoms with Crippen molar-refractivity contribution in [3.05, 3.63) is 34.9 Å². The largest absolute Gasteiger partial charge is 0.350 e. The number of nitrogens with two attached hydrogens (primary N) is 1. The minimum Gasteiger partial charge on any atom is -0.350 e. The SMILES string of the molecule is Cc1ccc(F)c(C=NNC(N)=O)c1F. The summed E-state index contributed by atoms with van der Waals surface area (Å²) in [5, 5.41) is 3.27. The van der Waals surface area contributed by atoms with E-state index in [1.54, 1.807) is 0 Å². The highest BCUT2D eigenvalue weighted by atomic mass is 19.1. The van der Waals surface area contributed by atoms with E-state index in [0.717, 1.165) is 12.3 Å². The van der Waals surface area contributed by atoms with Gasteiger partial charge in [-0.1, -0.05) is 6.07 Å². The van der Waals surface area contributed by atoms with E-state index in [9.17, 15) is 13.6 Å². The predicted octanol–water partition coefficient (Wildman–Crippen LogP) is 1.28. The molecule has 0 bridgehead atoms. The second kappa shape index (κ2) is 4.50. The number of rotatable bonds is 2. The summed E-state index contributed by atoms with van der Waals surface area (Å²) in [6, 6.07) is 1.52. The minimum absolute atomic E-state index is 0.289. The Bertz CT molecular complexity index is 418. The van der Waals surface area contributed by atoms with Crippen molar-refractivity contribution in [1.29, 1.82) is 0 Å². The Labute approximate surface area is 84.8 Å². The van der Waals surface area contributed by atoms with Crippen molar-refractivity contribution in [3.8, 4) is 0 Å². The Morgan fingerprint density at radius 3 is 2.80 bits per heavy atom. The normalized spacial score (nSPS) is 10.6. The van der Waals surface area contributed by atoms with Gasteiger partial charge in [-0.3, -0.25) is 0 Å². The van der Waals surface area contributed by atoms with E-state index in [1.807, 2.05) is 5.43 Å². The molecule has 1 aromatic carbocycles. The van der Waals surface area contributed by atoms with Crippen LogP contribution in [0.1, 0.15) is 11.1 Å². The van der Waals surface area contributed by atoms with Gasteiger partial charge in [0.1, 0.15) is 11.6 Å². The van der Waals surface area contributed by atoms with Gasteiger partial charge in [-0.2, -0.15) is 5.10 Å². The smallest absolute Gasteiger partial charge is 0.332 e. The Hall–Kier alpha value is -1.98. The zero-order chi connectivity index (χ0) is 11.4. The minimum atomic E-state index is -0.903. The summed E-state index contributed by atoms with van der Waals surface area (Å²) in [5.74, 6) is -1.47. The van der Waals surface area contributed by atoms with Gasteiger partial charge in [-0.25, -0.2) is 19.0 Å². The lowest BCUT2D eigenvalue weighted by atomic mass is 10.1. The van der Waals surface area contributed by atoms with E-state index in [0.29, 0.717) is 0 Å². The number of halogens is 2. The van der Waals surface area contributed by atoms with Gasteiger partial charge < -0.3 is 5.73 Å². The van der Waals surface area contributed by atoms with E-state index in [1.165, 1.54) is 13.0 Å². The Kier molecular flexibility index (Phi) is 3.33. The molecule has 0 aliphatic carbocycles. The first kappa shape index (κ1) is 11.1. The number of hydrogen-bond donors (Lipinski definition) is 2. The lowest BCUT2D eigenvalue weighted by Crippen LogP contribution is -2.24. The lowest BCUT2D eigenvalue weighted by molar-refractivity contribution is 0.249. The first-order valence-electron chi connectivity index (χ1n) is 4.05. The van der Waals surface area contributed by atoms with E-state index >= 15 is 0 Å². The quantitative estimate of drug-likeness (QED) is 0.564. The molecule has 0 radical (unpaired) electrons. The first-order chi connectivity index (χ1) is 7.02. The van der Waals surface area contributed by atoms with Crippen LogP contribution in [0.4, 0.5) is 13.6 Å². The van der Waals surface area contributed by atoms with Gasteiger partial charge >= 0.3 is 6.03 Å². The van der Waals surface area contributed by atoms with Gasteiger partial charge in [0, 0.05) is 0 Å². The summed E-state index contributed by atoms with van der Waals surface area (Å²) in [6.45, 7) is 1.49. The van der Waals surface area contributed by atoms with E-state index in [4.69, 9.17) is 5.73 Å². The van der Waals surface area contributed by atoms with Gasteiger partial charge in [-0.05, 0) is 18.6 Å². The molecule has 4 nitrogen and oxygen atoms in total. The second-order valence-electron chi connectivity index (χ2n) is 2.83. The topological polar surface area (TPSA) is 67.5 Å². The van der Waals surface area contributed by atoms with Crippen LogP contribution in [0.25, 0.3) is 0 Å². The number of carbonyl (C=O) groups is 1. The molecule has 0 aliphatic heterocycles. The van der Waals surface area contributed by atoms with Gasteiger partial charge in [0.2, 0.25) is 0 Å². The number of aryl methyl sites for hydroxylation is 1. The molecule has 0 spiro atoms. The van der Waals surface area contributed by atoms with Crippen LogP contribution in [-0.4, -0.2) is 12.2 Å². The molecular formula is C9H9F2N3O. The molecule has 1 rings (SSSR count). The number of urea groups is 1. The van der Waals surface area contributed by atoms with Crippen molar-refractivity contribution in [2.45, 2.75) is 6.92 Å². The third-order valence-corrected chi connectivity index (χ3v) is 1.69. The average Bonchev–Trinajstić information content (AvgIpc) is 2.17. The molecule has 0 saturated carbocycles. The number of carbonyl (C=O) groups excluding carboxylic acids is 1. The van der Waals surface area contributed by atoms with Gasteiger partial charge in [0.15, 0.2) is 0 Å². The fourth-order valence-corrected chi connectivity index (χ4v) is 0.957. The van der Waals surface area contributed by atoms with Crippen molar-refractivity contribution in [3.63, 3.8) is 0 Å². The van der Waals surface area contributed by atoms with Crippen LogP contribution in [0.2, 0.25) is 0 Å². The maximum absolute atomic E-state index is 13.3. The molecule has 0 aliphatic rings. The number of benzene rings is 1. The molecule has 0 saturated heterocycles. The van der Waals surface area contributed by atoms with Crippen molar-refractivity contribution < 1.29 is 13.6 Å². The third-order valence-electron chi connectivity index (χ3n) is 1.69. The molecule has 0 unspecified atom stereocenters.